The summed E-state index contributed by atoms with van der Waals surface area (Å²) in [5, 5.41) is 57.2. The standard InChI is InChI=1S/C73H137NO10/c1-4-7-10-13-16-19-22-25-27-29-30-31-32-33-34-35-36-37-38-39-41-43-46-49-52-55-58-61-68(78)84-71-70(80)69(79)67(62-75)83-73(71)82-63-64(65(76)59-56-53-50-47-44-24-21-18-15-12-9-6-3)74-72(81)66(77)60-57-54-51-48-45-42-40-28-26-23-20-17-14-11-8-5-2/h25-28,56,59,64-67,69-71,73,75-77,79-80H,4-24,29-55,57-58,60-63H2,1-3H3,(H,74,81)/b27-25+,28-26+,59-56+. The van der Waals surface area contributed by atoms with Gasteiger partial charge in [0.15, 0.2) is 12.4 Å². The lowest BCUT2D eigenvalue weighted by Gasteiger charge is -2.41. The van der Waals surface area contributed by atoms with Gasteiger partial charge in [-0.2, -0.15) is 0 Å². The SMILES string of the molecule is CCCCCCCC/C=C/CCCCCCCCCCCCCCCCCCCC(=O)OC1C(OCC(NC(=O)C(O)CCCCCCCC/C=C/CCCCCCCC)C(O)/C=C/CCCCCCCCCCCC)OC(CO)C(O)C1O. The van der Waals surface area contributed by atoms with Crippen molar-refractivity contribution in [2.24, 2.45) is 0 Å². The second-order valence-corrected chi connectivity index (χ2v) is 25.3. The van der Waals surface area contributed by atoms with Gasteiger partial charge in [-0.05, 0) is 77.0 Å². The minimum absolute atomic E-state index is 0.128. The summed E-state index contributed by atoms with van der Waals surface area (Å²) >= 11 is 0. The van der Waals surface area contributed by atoms with Crippen LogP contribution in [0.2, 0.25) is 0 Å². The molecule has 11 heteroatoms. The van der Waals surface area contributed by atoms with E-state index >= 15 is 0 Å². The highest BCUT2D eigenvalue weighted by Gasteiger charge is 2.47. The molecule has 8 atom stereocenters. The van der Waals surface area contributed by atoms with Crippen molar-refractivity contribution in [2.75, 3.05) is 13.2 Å². The number of esters is 1. The van der Waals surface area contributed by atoms with Gasteiger partial charge in [-0.1, -0.05) is 308 Å². The maximum absolute atomic E-state index is 13.5. The molecule has 494 valence electrons. The highest BCUT2D eigenvalue weighted by atomic mass is 16.7. The smallest absolute Gasteiger partial charge is 0.306 e. The topological polar surface area (TPSA) is 175 Å². The number of hydrogen-bond acceptors (Lipinski definition) is 10. The number of ether oxygens (including phenoxy) is 3. The summed E-state index contributed by atoms with van der Waals surface area (Å²) in [6.07, 6.45) is 64.8. The van der Waals surface area contributed by atoms with Crippen LogP contribution in [0, 0.1) is 0 Å². The molecule has 6 N–H and O–H groups in total. The zero-order valence-corrected chi connectivity index (χ0v) is 55.0. The van der Waals surface area contributed by atoms with E-state index in [-0.39, 0.29) is 19.4 Å². The summed E-state index contributed by atoms with van der Waals surface area (Å²) in [6, 6.07) is -1.02. The number of nitrogens with one attached hydrogen (secondary N) is 1. The van der Waals surface area contributed by atoms with E-state index in [1.165, 1.54) is 238 Å². The van der Waals surface area contributed by atoms with Crippen LogP contribution in [0.5, 0.6) is 0 Å². The predicted molar refractivity (Wildman–Crippen MR) is 352 cm³/mol. The molecule has 0 aromatic heterocycles. The van der Waals surface area contributed by atoms with Gasteiger partial charge in [0.25, 0.3) is 0 Å². The molecule has 1 heterocycles. The number of carbonyl (C=O) groups excluding carboxylic acids is 2. The second-order valence-electron chi connectivity index (χ2n) is 25.3. The first-order chi connectivity index (χ1) is 41.2. The third kappa shape index (κ3) is 47.9. The first-order valence-corrected chi connectivity index (χ1v) is 36.3. The molecule has 1 aliphatic rings. The van der Waals surface area contributed by atoms with Crippen molar-refractivity contribution in [1.82, 2.24) is 5.32 Å². The summed E-state index contributed by atoms with van der Waals surface area (Å²) in [5.41, 5.74) is 0. The largest absolute Gasteiger partial charge is 0.454 e. The number of amides is 1. The van der Waals surface area contributed by atoms with Crippen molar-refractivity contribution in [3.05, 3.63) is 36.5 Å². The monoisotopic (exact) mass is 1190 g/mol. The molecule has 0 bridgehead atoms. The average Bonchev–Trinajstić information content (AvgIpc) is 3.69. The lowest BCUT2D eigenvalue weighted by atomic mass is 9.99. The Morgan fingerprint density at radius 1 is 0.452 bits per heavy atom. The first kappa shape index (κ1) is 79.9. The molecule has 1 rings (SSSR count). The van der Waals surface area contributed by atoms with Gasteiger partial charge in [0.2, 0.25) is 5.91 Å². The Kier molecular flexibility index (Phi) is 58.1. The van der Waals surface area contributed by atoms with E-state index in [0.717, 1.165) is 70.6 Å². The number of aliphatic hydroxyl groups excluding tert-OH is 5. The van der Waals surface area contributed by atoms with E-state index in [9.17, 15) is 35.1 Å². The van der Waals surface area contributed by atoms with Crippen molar-refractivity contribution >= 4 is 11.9 Å². The number of aliphatic hydroxyl groups is 5. The molecule has 1 fully saturated rings. The fourth-order valence-corrected chi connectivity index (χ4v) is 11.5. The molecule has 0 aliphatic carbocycles. The molecular weight excluding hydrogens is 1050 g/mol. The Bertz CT molecular complexity index is 1510. The van der Waals surface area contributed by atoms with Crippen molar-refractivity contribution < 1.29 is 49.3 Å². The summed E-state index contributed by atoms with van der Waals surface area (Å²) in [7, 11) is 0. The van der Waals surface area contributed by atoms with Crippen LogP contribution < -0.4 is 5.32 Å². The van der Waals surface area contributed by atoms with E-state index in [1.807, 2.05) is 6.08 Å². The number of unbranched alkanes of at least 4 members (excludes halogenated alkanes) is 45. The Balaban J connectivity index is 2.52. The van der Waals surface area contributed by atoms with Crippen LogP contribution in [-0.4, -0.2) is 99.6 Å². The van der Waals surface area contributed by atoms with Crippen LogP contribution in [0.4, 0.5) is 0 Å². The maximum Gasteiger partial charge on any atom is 0.306 e. The predicted octanol–water partition coefficient (Wildman–Crippen LogP) is 18.6. The summed E-state index contributed by atoms with van der Waals surface area (Å²) in [4.78, 5) is 26.7. The molecular formula is C73H137NO10. The van der Waals surface area contributed by atoms with Crippen molar-refractivity contribution in [3.8, 4) is 0 Å². The van der Waals surface area contributed by atoms with Gasteiger partial charge in [0.05, 0.1) is 25.4 Å². The number of hydrogen-bond donors (Lipinski definition) is 6. The molecule has 0 saturated carbocycles. The van der Waals surface area contributed by atoms with Gasteiger partial charge in [0.1, 0.15) is 24.4 Å². The molecule has 0 aromatic rings. The van der Waals surface area contributed by atoms with Gasteiger partial charge in [-0.15, -0.1) is 0 Å². The normalized spacial score (nSPS) is 18.6. The fourth-order valence-electron chi connectivity index (χ4n) is 11.5. The molecule has 1 saturated heterocycles. The Labute approximate surface area is 517 Å². The number of carbonyl (C=O) groups is 2. The highest BCUT2D eigenvalue weighted by molar-refractivity contribution is 5.80. The molecule has 0 radical (unpaired) electrons. The average molecular weight is 1190 g/mol. The highest BCUT2D eigenvalue weighted by Crippen LogP contribution is 2.26. The lowest BCUT2D eigenvalue weighted by molar-refractivity contribution is -0.305. The van der Waals surface area contributed by atoms with Crippen LogP contribution >= 0.6 is 0 Å². The molecule has 11 nitrogen and oxygen atoms in total. The summed E-state index contributed by atoms with van der Waals surface area (Å²) in [6.45, 7) is 5.83. The van der Waals surface area contributed by atoms with Crippen LogP contribution in [0.15, 0.2) is 36.5 Å². The number of allylic oxidation sites excluding steroid dienone is 5. The van der Waals surface area contributed by atoms with E-state index in [2.05, 4.69) is 50.4 Å². The van der Waals surface area contributed by atoms with E-state index in [4.69, 9.17) is 14.2 Å². The molecule has 1 aliphatic heterocycles. The molecule has 8 unspecified atom stereocenters. The third-order valence-corrected chi connectivity index (χ3v) is 17.3. The third-order valence-electron chi connectivity index (χ3n) is 17.3. The van der Waals surface area contributed by atoms with Crippen molar-refractivity contribution in [2.45, 2.75) is 404 Å². The van der Waals surface area contributed by atoms with Crippen molar-refractivity contribution in [3.63, 3.8) is 0 Å². The minimum atomic E-state index is -1.61. The lowest BCUT2D eigenvalue weighted by Crippen LogP contribution is -2.61. The van der Waals surface area contributed by atoms with Gasteiger partial charge in [0, 0.05) is 6.42 Å². The zero-order valence-electron chi connectivity index (χ0n) is 55.0. The van der Waals surface area contributed by atoms with Gasteiger partial charge < -0.3 is 45.1 Å². The van der Waals surface area contributed by atoms with Crippen LogP contribution in [0.25, 0.3) is 0 Å². The molecule has 0 aromatic carbocycles. The van der Waals surface area contributed by atoms with E-state index in [1.54, 1.807) is 6.08 Å². The van der Waals surface area contributed by atoms with E-state index in [0.29, 0.717) is 12.8 Å². The maximum atomic E-state index is 13.5. The van der Waals surface area contributed by atoms with Crippen LogP contribution in [0.1, 0.15) is 355 Å². The number of rotatable bonds is 63. The van der Waals surface area contributed by atoms with Crippen LogP contribution in [0.3, 0.4) is 0 Å². The second kappa shape index (κ2) is 61.1. The quantitative estimate of drug-likeness (QED) is 0.0195. The minimum Gasteiger partial charge on any atom is -0.454 e. The Morgan fingerprint density at radius 2 is 0.786 bits per heavy atom. The van der Waals surface area contributed by atoms with E-state index < -0.39 is 67.4 Å². The summed E-state index contributed by atoms with van der Waals surface area (Å²) in [5.74, 6) is -1.18. The Morgan fingerprint density at radius 3 is 1.15 bits per heavy atom. The fraction of sp³-hybridized carbons (Fsp3) is 0.890. The van der Waals surface area contributed by atoms with Gasteiger partial charge >= 0.3 is 5.97 Å². The van der Waals surface area contributed by atoms with Crippen LogP contribution in [-0.2, 0) is 23.8 Å². The Hall–Kier alpha value is -2.12. The molecule has 0 spiro atoms. The van der Waals surface area contributed by atoms with Gasteiger partial charge in [-0.3, -0.25) is 9.59 Å². The molecule has 84 heavy (non-hydrogen) atoms. The molecule has 1 amide bonds. The van der Waals surface area contributed by atoms with Crippen molar-refractivity contribution in [1.29, 1.82) is 0 Å². The zero-order chi connectivity index (χ0) is 61.0. The van der Waals surface area contributed by atoms with Gasteiger partial charge in [-0.25, -0.2) is 0 Å². The first-order valence-electron chi connectivity index (χ1n) is 36.3. The summed E-state index contributed by atoms with van der Waals surface area (Å²) < 4.78 is 17.7.